The van der Waals surface area contributed by atoms with E-state index in [-0.39, 0.29) is 11.1 Å². The van der Waals surface area contributed by atoms with Crippen LogP contribution in [0.1, 0.15) is 0 Å². The molecule has 0 N–H and O–H groups in total. The van der Waals surface area contributed by atoms with Gasteiger partial charge in [0.25, 0.3) is 0 Å². The molecule has 0 atom stereocenters. The summed E-state index contributed by atoms with van der Waals surface area (Å²) in [6.45, 7) is 0. The summed E-state index contributed by atoms with van der Waals surface area (Å²) in [7, 11) is -2.51. The maximum atomic E-state index is 15.5. The van der Waals surface area contributed by atoms with Gasteiger partial charge < -0.3 is 14.0 Å². The van der Waals surface area contributed by atoms with Gasteiger partial charge in [-0.1, -0.05) is 18.2 Å². The first-order valence-electron chi connectivity index (χ1n) is 12.2. The highest BCUT2D eigenvalue weighted by Crippen LogP contribution is 2.35. The number of halogens is 10. The Hall–Kier alpha value is -5.14. The number of benzene rings is 5. The van der Waals surface area contributed by atoms with Crippen LogP contribution in [0.4, 0.5) is 43.9 Å². The maximum absolute atomic E-state index is 15.5. The summed E-state index contributed by atoms with van der Waals surface area (Å²) in [4.78, 5) is 0. The summed E-state index contributed by atoms with van der Waals surface area (Å²) in [6.07, 6.45) is 0. The molecule has 5 aromatic rings. The number of hydrogen-bond acceptors (Lipinski definition) is 3. The number of hydrogen-bond donors (Lipinski definition) is 0. The van der Waals surface area contributed by atoms with Gasteiger partial charge >= 0.3 is 7.32 Å². The van der Waals surface area contributed by atoms with E-state index in [0.29, 0.717) is 54.6 Å². The second-order valence-electron chi connectivity index (χ2n) is 8.98. The van der Waals surface area contributed by atoms with E-state index in [1.807, 2.05) is 0 Å². The van der Waals surface area contributed by atoms with Crippen molar-refractivity contribution in [2.24, 2.45) is 0 Å². The lowest BCUT2D eigenvalue weighted by atomic mass is 10.0. The van der Waals surface area contributed by atoms with Crippen LogP contribution < -0.4 is 14.0 Å². The molecule has 0 aliphatic heterocycles. The molecule has 3 nitrogen and oxygen atoms in total. The molecule has 44 heavy (non-hydrogen) atoms. The van der Waals surface area contributed by atoms with Crippen LogP contribution in [0.15, 0.2) is 78.9 Å². The lowest BCUT2D eigenvalue weighted by Gasteiger charge is -2.19. The SMILES string of the molecule is Fc1cc(OB(Oc2cccc(F)c2F)Oc2cc(F)cc(-c3ccc(F)c(F)c3)c2F)c(F)c(-c2ccc(F)c(F)c2)c1. The van der Waals surface area contributed by atoms with E-state index in [2.05, 4.69) is 0 Å². The zero-order valence-electron chi connectivity index (χ0n) is 21.6. The molecule has 0 aliphatic rings. The molecule has 0 heterocycles. The van der Waals surface area contributed by atoms with Gasteiger partial charge in [0.2, 0.25) is 0 Å². The Labute approximate surface area is 242 Å². The summed E-state index contributed by atoms with van der Waals surface area (Å²) in [6, 6.07) is 8.92. The second kappa shape index (κ2) is 12.2. The summed E-state index contributed by atoms with van der Waals surface area (Å²) in [5.41, 5.74) is -1.97. The quantitative estimate of drug-likeness (QED) is 0.128. The van der Waals surface area contributed by atoms with Gasteiger partial charge in [-0.15, -0.1) is 0 Å². The first kappa shape index (κ1) is 30.3. The van der Waals surface area contributed by atoms with Crippen LogP contribution in [0.3, 0.4) is 0 Å². The zero-order chi connectivity index (χ0) is 31.7. The van der Waals surface area contributed by atoms with Crippen molar-refractivity contribution in [2.45, 2.75) is 0 Å². The highest BCUT2D eigenvalue weighted by atomic mass is 19.2. The zero-order valence-corrected chi connectivity index (χ0v) is 21.6. The van der Waals surface area contributed by atoms with Crippen molar-refractivity contribution in [3.8, 4) is 39.5 Å². The van der Waals surface area contributed by atoms with E-state index in [4.69, 9.17) is 14.0 Å². The third kappa shape index (κ3) is 6.28. The van der Waals surface area contributed by atoms with Crippen LogP contribution in [0.2, 0.25) is 0 Å². The van der Waals surface area contributed by atoms with Crippen molar-refractivity contribution < 1.29 is 57.9 Å². The maximum Gasteiger partial charge on any atom is 0.864 e. The molecule has 0 saturated carbocycles. The van der Waals surface area contributed by atoms with Gasteiger partial charge in [-0.2, -0.15) is 4.39 Å². The highest BCUT2D eigenvalue weighted by Gasteiger charge is 2.35. The van der Waals surface area contributed by atoms with Crippen molar-refractivity contribution in [1.29, 1.82) is 0 Å². The molecular weight excluding hydrogens is 609 g/mol. The van der Waals surface area contributed by atoms with E-state index >= 15 is 8.78 Å². The minimum atomic E-state index is -2.51. The molecule has 0 unspecified atom stereocenters. The van der Waals surface area contributed by atoms with Crippen molar-refractivity contribution >= 4 is 7.32 Å². The van der Waals surface area contributed by atoms with Gasteiger partial charge in [-0.05, 0) is 59.7 Å². The minimum Gasteiger partial charge on any atom is -0.487 e. The van der Waals surface area contributed by atoms with E-state index in [1.165, 1.54) is 0 Å². The summed E-state index contributed by atoms with van der Waals surface area (Å²) < 4.78 is 158. The Balaban J connectivity index is 1.57. The average molecular weight is 622 g/mol. The van der Waals surface area contributed by atoms with Crippen molar-refractivity contribution in [2.75, 3.05) is 0 Å². The third-order valence-corrected chi connectivity index (χ3v) is 6.05. The predicted octanol–water partition coefficient (Wildman–Crippen LogP) is 8.93. The van der Waals surface area contributed by atoms with Crippen molar-refractivity contribution in [1.82, 2.24) is 0 Å². The topological polar surface area (TPSA) is 27.7 Å². The molecule has 0 saturated heterocycles. The van der Waals surface area contributed by atoms with Gasteiger partial charge in [-0.25, -0.2) is 39.5 Å². The Bertz CT molecular complexity index is 1780. The van der Waals surface area contributed by atoms with E-state index in [9.17, 15) is 35.1 Å². The molecule has 0 fully saturated rings. The summed E-state index contributed by atoms with van der Waals surface area (Å²) >= 11 is 0. The normalized spacial score (nSPS) is 11.0. The fraction of sp³-hybridized carbons (Fsp3) is 0. The molecule has 0 bridgehead atoms. The molecule has 0 amide bonds. The van der Waals surface area contributed by atoms with Crippen LogP contribution in [-0.4, -0.2) is 7.32 Å². The molecule has 5 rings (SSSR count). The second-order valence-corrected chi connectivity index (χ2v) is 8.98. The first-order valence-corrected chi connectivity index (χ1v) is 12.2. The molecule has 5 aromatic carbocycles. The fourth-order valence-corrected chi connectivity index (χ4v) is 4.01. The van der Waals surface area contributed by atoms with Crippen LogP contribution >= 0.6 is 0 Å². The van der Waals surface area contributed by atoms with Gasteiger partial charge in [-0.3, -0.25) is 0 Å². The Kier molecular flexibility index (Phi) is 8.43. The molecule has 0 aliphatic carbocycles. The Morgan fingerprint density at radius 3 is 1.30 bits per heavy atom. The minimum absolute atomic E-state index is 0.340. The van der Waals surface area contributed by atoms with E-state index in [0.717, 1.165) is 24.3 Å². The van der Waals surface area contributed by atoms with Gasteiger partial charge in [0, 0.05) is 23.3 Å². The monoisotopic (exact) mass is 622 g/mol. The fourth-order valence-electron chi connectivity index (χ4n) is 4.01. The third-order valence-electron chi connectivity index (χ3n) is 6.05. The molecule has 224 valence electrons. The van der Waals surface area contributed by atoms with Crippen LogP contribution in [-0.2, 0) is 0 Å². The summed E-state index contributed by atoms with van der Waals surface area (Å²) in [5.74, 6) is -16.6. The van der Waals surface area contributed by atoms with Crippen molar-refractivity contribution in [3.63, 3.8) is 0 Å². The Morgan fingerprint density at radius 2 is 0.841 bits per heavy atom. The van der Waals surface area contributed by atoms with Crippen molar-refractivity contribution in [3.05, 3.63) is 137 Å². The van der Waals surface area contributed by atoms with E-state index < -0.39 is 93.9 Å². The van der Waals surface area contributed by atoms with Gasteiger partial charge in [0.1, 0.15) is 28.9 Å². The number of rotatable bonds is 8. The molecule has 0 aromatic heterocycles. The predicted molar refractivity (Wildman–Crippen MR) is 137 cm³/mol. The molecular formula is C30H13BF10O3. The van der Waals surface area contributed by atoms with Gasteiger partial charge in [0.05, 0.1) is 0 Å². The van der Waals surface area contributed by atoms with Crippen LogP contribution in [0.5, 0.6) is 17.2 Å². The highest BCUT2D eigenvalue weighted by molar-refractivity contribution is 6.39. The summed E-state index contributed by atoms with van der Waals surface area (Å²) in [5, 5.41) is 0. The smallest absolute Gasteiger partial charge is 0.487 e. The first-order chi connectivity index (χ1) is 20.9. The van der Waals surface area contributed by atoms with Gasteiger partial charge in [0.15, 0.2) is 46.5 Å². The largest absolute Gasteiger partial charge is 0.864 e. The van der Waals surface area contributed by atoms with E-state index in [1.54, 1.807) is 0 Å². The lowest BCUT2D eigenvalue weighted by molar-refractivity contribution is 0.285. The molecule has 14 heteroatoms. The van der Waals surface area contributed by atoms with Crippen LogP contribution in [0.25, 0.3) is 22.3 Å². The van der Waals surface area contributed by atoms with Crippen LogP contribution in [0, 0.1) is 58.2 Å². The standard InChI is InChI=1S/C30H13BF10O3/c32-16-10-18(14-4-6-20(34)23(37)8-14)28(39)26(12-16)43-31(42-25-3-1-2-22(36)30(25)41)44-27-13-17(33)11-19(29(27)40)15-5-7-21(35)24(38)9-15/h1-13H. The Morgan fingerprint density at radius 1 is 0.386 bits per heavy atom. The lowest BCUT2D eigenvalue weighted by Crippen LogP contribution is -2.38. The molecule has 0 radical (unpaired) electrons. The average Bonchev–Trinajstić information content (AvgIpc) is 2.97. The molecule has 0 spiro atoms.